The van der Waals surface area contributed by atoms with E-state index in [2.05, 4.69) is 15.3 Å². The molecule has 1 saturated heterocycles. The summed E-state index contributed by atoms with van der Waals surface area (Å²) in [4.78, 5) is 19.2. The number of nitrogens with one attached hydrogen (secondary N) is 1. The molecule has 2 rings (SSSR count). The summed E-state index contributed by atoms with van der Waals surface area (Å²) in [6, 6.07) is 0. The smallest absolute Gasteiger partial charge is 0.273 e. The Balaban J connectivity index is 1.95. The van der Waals surface area contributed by atoms with Crippen LogP contribution in [-0.4, -0.2) is 28.7 Å². The Labute approximate surface area is 81.5 Å². The Morgan fingerprint density at radius 1 is 1.57 bits per heavy atom. The van der Waals surface area contributed by atoms with Crippen molar-refractivity contribution in [2.75, 3.05) is 6.61 Å². The summed E-state index contributed by atoms with van der Waals surface area (Å²) in [6.45, 7) is 0.714. The number of ether oxygens (including phenoxy) is 1. The summed E-state index contributed by atoms with van der Waals surface area (Å²) in [5, 5.41) is 2.73. The summed E-state index contributed by atoms with van der Waals surface area (Å²) >= 11 is 0. The Morgan fingerprint density at radius 3 is 3.14 bits per heavy atom. The van der Waals surface area contributed by atoms with Gasteiger partial charge in [0.05, 0.1) is 6.20 Å². The molecule has 1 aromatic rings. The zero-order valence-electron chi connectivity index (χ0n) is 7.64. The van der Waals surface area contributed by atoms with E-state index >= 15 is 0 Å². The number of carbonyl (C=O) groups is 1. The maximum absolute atomic E-state index is 11.5. The summed E-state index contributed by atoms with van der Waals surface area (Å²) in [6.07, 6.45) is 6.15. The van der Waals surface area contributed by atoms with Crippen molar-refractivity contribution in [1.82, 2.24) is 15.3 Å². The van der Waals surface area contributed by atoms with Crippen molar-refractivity contribution >= 4 is 5.91 Å². The van der Waals surface area contributed by atoms with E-state index in [4.69, 9.17) is 4.74 Å². The topological polar surface area (TPSA) is 64.1 Å². The molecule has 14 heavy (non-hydrogen) atoms. The van der Waals surface area contributed by atoms with Crippen LogP contribution in [0.2, 0.25) is 0 Å². The molecule has 1 aromatic heterocycles. The van der Waals surface area contributed by atoms with Crippen LogP contribution in [-0.2, 0) is 4.74 Å². The minimum atomic E-state index is -0.231. The van der Waals surface area contributed by atoms with Crippen LogP contribution in [0.5, 0.6) is 0 Å². The standard InChI is InChI=1S/C9H11N3O2/c13-9(7-6-10-3-4-11-7)12-8-2-1-5-14-8/h3-4,6,8H,1-2,5H2,(H,12,13). The molecule has 1 atom stereocenters. The second-order valence-corrected chi connectivity index (χ2v) is 3.07. The summed E-state index contributed by atoms with van der Waals surface area (Å²) in [5.74, 6) is -0.231. The highest BCUT2D eigenvalue weighted by atomic mass is 16.5. The minimum Gasteiger partial charge on any atom is -0.359 e. The van der Waals surface area contributed by atoms with E-state index in [-0.39, 0.29) is 12.1 Å². The van der Waals surface area contributed by atoms with Crippen molar-refractivity contribution in [3.8, 4) is 0 Å². The van der Waals surface area contributed by atoms with Crippen molar-refractivity contribution in [2.24, 2.45) is 0 Å². The van der Waals surface area contributed by atoms with E-state index in [1.165, 1.54) is 18.6 Å². The normalized spacial score (nSPS) is 20.7. The van der Waals surface area contributed by atoms with Gasteiger partial charge < -0.3 is 10.1 Å². The minimum absolute atomic E-state index is 0.162. The molecule has 5 nitrogen and oxygen atoms in total. The van der Waals surface area contributed by atoms with Crippen molar-refractivity contribution in [2.45, 2.75) is 19.1 Å². The number of hydrogen-bond acceptors (Lipinski definition) is 4. The predicted octanol–water partition coefficient (Wildman–Crippen LogP) is 0.343. The largest absolute Gasteiger partial charge is 0.359 e. The van der Waals surface area contributed by atoms with E-state index in [1.54, 1.807) is 0 Å². The van der Waals surface area contributed by atoms with Gasteiger partial charge >= 0.3 is 0 Å². The van der Waals surface area contributed by atoms with E-state index in [0.29, 0.717) is 12.3 Å². The van der Waals surface area contributed by atoms with Gasteiger partial charge in [-0.1, -0.05) is 0 Å². The van der Waals surface area contributed by atoms with E-state index in [0.717, 1.165) is 12.8 Å². The summed E-state index contributed by atoms with van der Waals surface area (Å²) < 4.78 is 5.26. The Morgan fingerprint density at radius 2 is 2.50 bits per heavy atom. The number of aromatic nitrogens is 2. The second-order valence-electron chi connectivity index (χ2n) is 3.07. The van der Waals surface area contributed by atoms with Gasteiger partial charge in [-0.15, -0.1) is 0 Å². The molecule has 0 aromatic carbocycles. The lowest BCUT2D eigenvalue weighted by atomic mass is 10.3. The molecule has 1 fully saturated rings. The maximum Gasteiger partial charge on any atom is 0.273 e. The molecule has 1 amide bonds. The highest BCUT2D eigenvalue weighted by Gasteiger charge is 2.18. The monoisotopic (exact) mass is 193 g/mol. The van der Waals surface area contributed by atoms with Crippen molar-refractivity contribution in [3.63, 3.8) is 0 Å². The molecule has 0 saturated carbocycles. The Hall–Kier alpha value is -1.49. The molecule has 5 heteroatoms. The van der Waals surface area contributed by atoms with Crippen LogP contribution in [0.4, 0.5) is 0 Å². The number of hydrogen-bond donors (Lipinski definition) is 1. The van der Waals surface area contributed by atoms with Crippen molar-refractivity contribution in [1.29, 1.82) is 0 Å². The third kappa shape index (κ3) is 2.05. The molecule has 1 unspecified atom stereocenters. The SMILES string of the molecule is O=C(NC1CCCO1)c1cnccn1. The Bertz CT molecular complexity index is 309. The lowest BCUT2D eigenvalue weighted by Gasteiger charge is -2.10. The van der Waals surface area contributed by atoms with Crippen LogP contribution in [0, 0.1) is 0 Å². The van der Waals surface area contributed by atoms with Gasteiger partial charge in [-0.25, -0.2) is 4.98 Å². The first-order valence-corrected chi connectivity index (χ1v) is 4.55. The van der Waals surface area contributed by atoms with E-state index in [1.807, 2.05) is 0 Å². The lowest BCUT2D eigenvalue weighted by Crippen LogP contribution is -2.34. The zero-order chi connectivity index (χ0) is 9.80. The molecule has 2 heterocycles. The van der Waals surface area contributed by atoms with Gasteiger partial charge in [0.15, 0.2) is 0 Å². The van der Waals surface area contributed by atoms with Gasteiger partial charge in [-0.2, -0.15) is 0 Å². The second kappa shape index (κ2) is 4.15. The molecular weight excluding hydrogens is 182 g/mol. The number of nitrogens with zero attached hydrogens (tertiary/aromatic N) is 2. The predicted molar refractivity (Wildman–Crippen MR) is 48.5 cm³/mol. The molecule has 1 aliphatic rings. The molecule has 1 aliphatic heterocycles. The third-order valence-electron chi connectivity index (χ3n) is 2.02. The highest BCUT2D eigenvalue weighted by Crippen LogP contribution is 2.09. The molecule has 0 radical (unpaired) electrons. The fourth-order valence-corrected chi connectivity index (χ4v) is 1.33. The number of amides is 1. The number of carbonyl (C=O) groups excluding carboxylic acids is 1. The molecule has 1 N–H and O–H groups in total. The van der Waals surface area contributed by atoms with Crippen LogP contribution < -0.4 is 5.32 Å². The fourth-order valence-electron chi connectivity index (χ4n) is 1.33. The van der Waals surface area contributed by atoms with Gasteiger partial charge in [0.1, 0.15) is 11.9 Å². The van der Waals surface area contributed by atoms with Gasteiger partial charge in [-0.3, -0.25) is 9.78 Å². The van der Waals surface area contributed by atoms with Crippen molar-refractivity contribution < 1.29 is 9.53 Å². The molecule has 74 valence electrons. The molecule has 0 spiro atoms. The van der Waals surface area contributed by atoms with Gasteiger partial charge in [0, 0.05) is 19.0 Å². The van der Waals surface area contributed by atoms with E-state index < -0.39 is 0 Å². The number of rotatable bonds is 2. The van der Waals surface area contributed by atoms with Crippen LogP contribution in [0.25, 0.3) is 0 Å². The molecule has 0 bridgehead atoms. The fraction of sp³-hybridized carbons (Fsp3) is 0.444. The first-order valence-electron chi connectivity index (χ1n) is 4.55. The van der Waals surface area contributed by atoms with Crippen LogP contribution in [0.15, 0.2) is 18.6 Å². The average molecular weight is 193 g/mol. The van der Waals surface area contributed by atoms with Gasteiger partial charge in [-0.05, 0) is 12.8 Å². The zero-order valence-corrected chi connectivity index (χ0v) is 7.64. The highest BCUT2D eigenvalue weighted by molar-refractivity contribution is 5.91. The molecule has 0 aliphatic carbocycles. The average Bonchev–Trinajstić information content (AvgIpc) is 2.72. The van der Waals surface area contributed by atoms with Crippen LogP contribution in [0.1, 0.15) is 23.3 Å². The van der Waals surface area contributed by atoms with Crippen LogP contribution >= 0.6 is 0 Å². The summed E-state index contributed by atoms with van der Waals surface area (Å²) in [7, 11) is 0. The molecular formula is C9H11N3O2. The quantitative estimate of drug-likeness (QED) is 0.735. The Kier molecular flexibility index (Phi) is 2.69. The van der Waals surface area contributed by atoms with Crippen LogP contribution in [0.3, 0.4) is 0 Å². The van der Waals surface area contributed by atoms with Gasteiger partial charge in [0.25, 0.3) is 5.91 Å². The third-order valence-corrected chi connectivity index (χ3v) is 2.02. The van der Waals surface area contributed by atoms with E-state index in [9.17, 15) is 4.79 Å². The maximum atomic E-state index is 11.5. The summed E-state index contributed by atoms with van der Waals surface area (Å²) in [5.41, 5.74) is 0.322. The first kappa shape index (κ1) is 9.08. The van der Waals surface area contributed by atoms with Gasteiger partial charge in [0.2, 0.25) is 0 Å². The first-order chi connectivity index (χ1) is 6.86. The van der Waals surface area contributed by atoms with Crippen molar-refractivity contribution in [3.05, 3.63) is 24.3 Å². The lowest BCUT2D eigenvalue weighted by molar-refractivity contribution is 0.0635.